The number of benzene rings is 3. The van der Waals surface area contributed by atoms with Crippen molar-refractivity contribution in [2.75, 3.05) is 0 Å². The Morgan fingerprint density at radius 1 is 0.264 bits per heavy atom. The molecule has 268 valence electrons. The average Bonchev–Trinajstić information content (AvgIpc) is 3.14. The molecule has 0 amide bonds. The SMILES string of the molecule is [Fe+2].[O-][Cl+3]([O-])([O-])[O-].[O-][Cl+3]([O-])([O-])[O-].c1cnc2c(c1)ccc1cccnc12.c1cnc2c(c1)ccc1cccnc12.c1cnc2c(c1)ccc1cccnc12. The van der Waals surface area contributed by atoms with E-state index < -0.39 is 20.5 Å². The van der Waals surface area contributed by atoms with Crippen LogP contribution in [-0.4, -0.2) is 29.9 Å². The van der Waals surface area contributed by atoms with Crippen molar-refractivity contribution in [3.8, 4) is 0 Å². The second-order valence-corrected chi connectivity index (χ2v) is 11.9. The van der Waals surface area contributed by atoms with Crippen LogP contribution in [0.3, 0.4) is 0 Å². The zero-order valence-corrected chi connectivity index (χ0v) is 29.5. The van der Waals surface area contributed by atoms with Crippen LogP contribution in [0.2, 0.25) is 0 Å². The van der Waals surface area contributed by atoms with Crippen LogP contribution in [0.5, 0.6) is 0 Å². The third-order valence-electron chi connectivity index (χ3n) is 7.03. The Hall–Kier alpha value is -5.10. The van der Waals surface area contributed by atoms with E-state index in [9.17, 15) is 0 Å². The maximum absolute atomic E-state index is 8.49. The van der Waals surface area contributed by atoms with Crippen LogP contribution in [0, 0.1) is 20.5 Å². The number of pyridine rings is 6. The monoisotopic (exact) mass is 794 g/mol. The molecule has 0 saturated heterocycles. The Labute approximate surface area is 315 Å². The molecule has 0 unspecified atom stereocenters. The third kappa shape index (κ3) is 12.2. The van der Waals surface area contributed by atoms with Crippen LogP contribution in [0.25, 0.3) is 65.4 Å². The summed E-state index contributed by atoms with van der Waals surface area (Å²) in [6.07, 6.45) is 10.8. The minimum absolute atomic E-state index is 0. The average molecular weight is 795 g/mol. The summed E-state index contributed by atoms with van der Waals surface area (Å²) in [7, 11) is -9.89. The van der Waals surface area contributed by atoms with Gasteiger partial charge in [0.05, 0.1) is 33.1 Å². The minimum Gasteiger partial charge on any atom is -0.254 e. The van der Waals surface area contributed by atoms with Gasteiger partial charge < -0.3 is 0 Å². The summed E-state index contributed by atoms with van der Waals surface area (Å²) in [5.41, 5.74) is 5.86. The van der Waals surface area contributed by atoms with Crippen molar-refractivity contribution in [3.05, 3.63) is 146 Å². The van der Waals surface area contributed by atoms with Gasteiger partial charge in [-0.25, -0.2) is 37.3 Å². The molecular weight excluding hydrogens is 771 g/mol. The maximum Gasteiger partial charge on any atom is 2.00 e. The van der Waals surface area contributed by atoms with Gasteiger partial charge in [-0.3, -0.25) is 29.9 Å². The summed E-state index contributed by atoms with van der Waals surface area (Å²) in [6.45, 7) is 0. The maximum atomic E-state index is 8.49. The van der Waals surface area contributed by atoms with Gasteiger partial charge in [-0.1, -0.05) is 72.8 Å². The van der Waals surface area contributed by atoms with Crippen LogP contribution in [0.1, 0.15) is 0 Å². The summed E-state index contributed by atoms with van der Waals surface area (Å²) in [5, 5.41) is 6.83. The molecule has 0 radical (unpaired) electrons. The first-order valence-corrected chi connectivity index (χ1v) is 17.3. The van der Waals surface area contributed by atoms with Gasteiger partial charge in [0.2, 0.25) is 0 Å². The minimum atomic E-state index is -4.94. The van der Waals surface area contributed by atoms with Gasteiger partial charge in [-0.15, -0.1) is 20.5 Å². The molecule has 9 rings (SSSR count). The zero-order chi connectivity index (χ0) is 37.1. The Balaban J connectivity index is 0.000000157. The standard InChI is InChI=1S/3C12H8N2.2ClHO4.Fe/c3*1-3-9-5-6-10-4-2-8-14-12(10)11(9)13-7-1;2*2-1(3,4)5;/h3*1-8H;2*(H,2,3,4,5);/q;;;;;+2/p-2. The number of nitrogens with zero attached hydrogens (tertiary/aromatic N) is 6. The summed E-state index contributed by atoms with van der Waals surface area (Å²) >= 11 is 0. The topological polar surface area (TPSA) is 262 Å². The quantitative estimate of drug-likeness (QED) is 0.130. The van der Waals surface area contributed by atoms with Crippen molar-refractivity contribution in [3.63, 3.8) is 0 Å². The Morgan fingerprint density at radius 3 is 0.528 bits per heavy atom. The predicted octanol–water partition coefficient (Wildman–Crippen LogP) is -1.17. The second kappa shape index (κ2) is 18.6. The van der Waals surface area contributed by atoms with E-state index in [1.807, 2.05) is 36.4 Å². The van der Waals surface area contributed by atoms with Crippen LogP contribution >= 0.6 is 0 Å². The fourth-order valence-electron chi connectivity index (χ4n) is 5.04. The van der Waals surface area contributed by atoms with E-state index >= 15 is 0 Å². The fraction of sp³-hybridized carbons (Fsp3) is 0. The van der Waals surface area contributed by atoms with Crippen molar-refractivity contribution in [1.82, 2.24) is 29.9 Å². The van der Waals surface area contributed by atoms with Gasteiger partial charge in [0.1, 0.15) is 0 Å². The summed E-state index contributed by atoms with van der Waals surface area (Å²) in [6, 6.07) is 36.4. The molecule has 17 heteroatoms. The number of rotatable bonds is 0. The van der Waals surface area contributed by atoms with E-state index in [1.54, 1.807) is 37.2 Å². The van der Waals surface area contributed by atoms with E-state index in [-0.39, 0.29) is 17.1 Å². The molecule has 0 fully saturated rings. The molecule has 0 N–H and O–H groups in total. The van der Waals surface area contributed by atoms with Crippen molar-refractivity contribution in [2.45, 2.75) is 0 Å². The van der Waals surface area contributed by atoms with E-state index in [0.29, 0.717) is 0 Å². The van der Waals surface area contributed by atoms with E-state index in [0.717, 1.165) is 65.4 Å². The number of hydrogen-bond acceptors (Lipinski definition) is 14. The number of hydrogen-bond donors (Lipinski definition) is 0. The van der Waals surface area contributed by atoms with Crippen LogP contribution < -0.4 is 37.3 Å². The molecule has 6 aromatic heterocycles. The normalized spacial score (nSPS) is 10.9. The van der Waals surface area contributed by atoms with Crippen molar-refractivity contribution in [2.24, 2.45) is 0 Å². The first kappa shape index (κ1) is 40.7. The molecule has 0 bridgehead atoms. The van der Waals surface area contributed by atoms with Crippen molar-refractivity contribution < 1.29 is 74.8 Å². The summed E-state index contributed by atoms with van der Waals surface area (Å²) in [4.78, 5) is 26.1. The molecule has 0 spiro atoms. The third-order valence-corrected chi connectivity index (χ3v) is 7.03. The molecular formula is C36H24Cl2FeN6O8. The Morgan fingerprint density at radius 2 is 0.396 bits per heavy atom. The van der Waals surface area contributed by atoms with Gasteiger partial charge in [0.15, 0.2) is 0 Å². The van der Waals surface area contributed by atoms with Crippen LogP contribution in [0.15, 0.2) is 146 Å². The summed E-state index contributed by atoms with van der Waals surface area (Å²) < 4.78 is 67.9. The molecule has 6 heterocycles. The molecule has 0 saturated carbocycles. The second-order valence-electron chi connectivity index (χ2n) is 10.4. The fourth-order valence-corrected chi connectivity index (χ4v) is 5.04. The molecule has 0 atom stereocenters. The Kier molecular flexibility index (Phi) is 14.3. The molecule has 3 aromatic carbocycles. The van der Waals surface area contributed by atoms with Crippen LogP contribution in [-0.2, 0) is 17.1 Å². The van der Waals surface area contributed by atoms with Gasteiger partial charge in [-0.2, -0.15) is 0 Å². The van der Waals surface area contributed by atoms with Gasteiger partial charge in [-0.05, 0) is 36.4 Å². The van der Waals surface area contributed by atoms with Gasteiger partial charge in [0, 0.05) is 69.5 Å². The van der Waals surface area contributed by atoms with Crippen molar-refractivity contribution in [1.29, 1.82) is 0 Å². The van der Waals surface area contributed by atoms with E-state index in [1.165, 1.54) is 0 Å². The van der Waals surface area contributed by atoms with Gasteiger partial charge in [0.25, 0.3) is 0 Å². The van der Waals surface area contributed by atoms with E-state index in [4.69, 9.17) is 37.3 Å². The molecule has 0 aliphatic carbocycles. The first-order valence-electron chi connectivity index (χ1n) is 14.8. The summed E-state index contributed by atoms with van der Waals surface area (Å²) in [5.74, 6) is 0. The van der Waals surface area contributed by atoms with Crippen LogP contribution in [0.4, 0.5) is 0 Å². The van der Waals surface area contributed by atoms with Gasteiger partial charge >= 0.3 is 17.1 Å². The molecule has 0 aliphatic heterocycles. The first-order chi connectivity index (χ1) is 24.8. The molecule has 14 nitrogen and oxygen atoms in total. The number of fused-ring (bicyclic) bond motifs is 9. The molecule has 9 aromatic rings. The Bertz CT molecular complexity index is 2130. The van der Waals surface area contributed by atoms with E-state index in [2.05, 4.69) is 103 Å². The zero-order valence-electron chi connectivity index (χ0n) is 26.9. The molecule has 53 heavy (non-hydrogen) atoms. The molecule has 0 aliphatic rings. The smallest absolute Gasteiger partial charge is 0.254 e. The predicted molar refractivity (Wildman–Crippen MR) is 171 cm³/mol. The van der Waals surface area contributed by atoms with Crippen molar-refractivity contribution >= 4 is 65.4 Å². The number of aromatic nitrogens is 6. The number of halogens is 2. The largest absolute Gasteiger partial charge is 2.00 e.